The fourth-order valence-corrected chi connectivity index (χ4v) is 13.6. The van der Waals surface area contributed by atoms with Crippen LogP contribution in [0.4, 0.5) is 48.3 Å². The number of halogens is 13. The summed E-state index contributed by atoms with van der Waals surface area (Å²) in [5.74, 6) is -6.28. The van der Waals surface area contributed by atoms with E-state index in [4.69, 9.17) is 30.8 Å². The van der Waals surface area contributed by atoms with Crippen LogP contribution in [-0.4, -0.2) is 131 Å². The molecule has 7 rings (SSSR count). The number of nitrogens with zero attached hydrogens (tertiary/aromatic N) is 2. The van der Waals surface area contributed by atoms with Gasteiger partial charge in [-0.1, -0.05) is 127 Å². The quantitative estimate of drug-likeness (QED) is 0.0260. The average Bonchev–Trinajstić information content (AvgIpc) is 0.831. The molecule has 3 unspecified atom stereocenters. The molecule has 19 nitrogen and oxygen atoms in total. The Bertz CT molecular complexity index is 4810. The minimum absolute atomic E-state index is 0.000774. The Kier molecular flexibility index (Phi) is 43.6. The highest BCUT2D eigenvalue weighted by atomic mass is 79.9. The standard InChI is InChI=1S/C24H29F4NO4S.C15H21FO4S.C13H17FO4S.C10H12BrFO2S.C10H13F3N2O.C7H7BrFN/c1-5-34(31,32)13-12-17-6-7-19(14-20(17)25)16(4)21(30)10-8-18-9-11-22(24(26,27)28)29-23(18)33-15(2)3;1-4-20-15(17)11(3)13-7-6-12(14(16)10-13)8-9-21(18,19)5-2;1-3-19(17,18)7-6-10-4-5-11(8-12(10)14)9(2)13(15)16;1-2-15(13,14)6-5-8-3-4-9(11)7-10(8)12;1-6(2)16-9-7(5-14)3-4-8(15-9)10(11,12)13;8-6-2-1-5(4-10)7(9)3-6/h6-7,9,11,14-16H,5,8,10,12-13H2,1-4H3;6-7,10-11H,4-5,8-9H2,1-3H3;4-5,8-9H,3,6-7H2,1-2H3,(H,15,16);3-4,7H,2,5-6H2,1H3;3-4,6H,5,14H2,1-2H3;1-3H,4,10H2. The maximum absolute atomic E-state index is 14.5. The number of hydrogen-bond acceptors (Lipinski definition) is 18. The number of carbonyl (C=O) groups is 3. The molecule has 0 aliphatic carbocycles. The van der Waals surface area contributed by atoms with Crippen molar-refractivity contribution in [3.63, 3.8) is 0 Å². The zero-order chi connectivity index (χ0) is 87.7. The first-order valence-corrected chi connectivity index (χ1v) is 45.0. The minimum atomic E-state index is -4.62. The van der Waals surface area contributed by atoms with E-state index in [0.717, 1.165) is 22.7 Å². The number of rotatable bonds is 32. The molecule has 0 saturated carbocycles. The van der Waals surface area contributed by atoms with Crippen LogP contribution >= 0.6 is 31.9 Å². The van der Waals surface area contributed by atoms with Gasteiger partial charge in [-0.3, -0.25) is 14.4 Å². The summed E-state index contributed by atoms with van der Waals surface area (Å²) in [6.07, 6.45) is -9.11. The summed E-state index contributed by atoms with van der Waals surface area (Å²) >= 11 is 6.29. The minimum Gasteiger partial charge on any atom is -0.481 e. The molecular formula is C79H99Br2F11N4O15S4. The highest BCUT2D eigenvalue weighted by molar-refractivity contribution is 9.10. The highest BCUT2D eigenvalue weighted by Crippen LogP contribution is 2.34. The Morgan fingerprint density at radius 1 is 0.417 bits per heavy atom. The Balaban J connectivity index is 0.000000487. The van der Waals surface area contributed by atoms with Crippen molar-refractivity contribution in [2.45, 2.75) is 177 Å². The molecule has 5 N–H and O–H groups in total. The number of benzene rings is 5. The van der Waals surface area contributed by atoms with Crippen LogP contribution in [0.2, 0.25) is 0 Å². The normalized spacial score (nSPS) is 12.5. The molecule has 0 fully saturated rings. The molecule has 36 heteroatoms. The largest absolute Gasteiger partial charge is 0.481 e. The smallest absolute Gasteiger partial charge is 0.433 e. The molecular weight excluding hydrogens is 1740 g/mol. The number of hydrogen-bond donors (Lipinski definition) is 3. The van der Waals surface area contributed by atoms with Crippen molar-refractivity contribution in [2.75, 3.05) is 52.6 Å². The third-order valence-electron chi connectivity index (χ3n) is 17.0. The van der Waals surface area contributed by atoms with Crippen molar-refractivity contribution in [3.05, 3.63) is 220 Å². The predicted molar refractivity (Wildman–Crippen MR) is 428 cm³/mol. The van der Waals surface area contributed by atoms with Gasteiger partial charge in [0.25, 0.3) is 0 Å². The van der Waals surface area contributed by atoms with E-state index < -0.39 is 116 Å². The SMILES string of the molecule is CC(C)Oc1nc(C(F)(F)F)ccc1CN.CCOC(=O)C(C)c1ccc(CCS(=O)(=O)CC)c(F)c1.CCS(=O)(=O)CCc1ccc(Br)cc1F.CCS(=O)(=O)CCc1ccc(C(C)C(=O)CCc2ccc(C(F)(F)F)nc2OC(C)C)cc1F.CCS(=O)(=O)CCc1ccc(C(C)C(=O)O)cc1F.NCc1ccc(Br)cc1F. The lowest BCUT2D eigenvalue weighted by Gasteiger charge is -2.16. The van der Waals surface area contributed by atoms with Crippen LogP contribution in [0.5, 0.6) is 11.8 Å². The van der Waals surface area contributed by atoms with E-state index in [1.807, 2.05) is 0 Å². The number of carboxylic acid groups (broad SMARTS) is 1. The Labute approximate surface area is 683 Å². The number of pyridine rings is 2. The summed E-state index contributed by atoms with van der Waals surface area (Å²) in [5, 5.41) is 8.84. The summed E-state index contributed by atoms with van der Waals surface area (Å²) in [6.45, 7) is 20.0. The monoisotopic (exact) mass is 1840 g/mol. The first-order valence-electron chi connectivity index (χ1n) is 36.2. The summed E-state index contributed by atoms with van der Waals surface area (Å²) in [6, 6.07) is 26.7. The second-order valence-electron chi connectivity index (χ2n) is 26.2. The number of aromatic nitrogens is 2. The van der Waals surface area contributed by atoms with Gasteiger partial charge in [0.2, 0.25) is 11.8 Å². The fourth-order valence-electron chi connectivity index (χ4n) is 9.61. The first-order chi connectivity index (χ1) is 53.3. The van der Waals surface area contributed by atoms with Crippen LogP contribution in [0.1, 0.15) is 174 Å². The molecule has 0 aliphatic rings. The van der Waals surface area contributed by atoms with E-state index in [-0.39, 0.29) is 145 Å². The van der Waals surface area contributed by atoms with Crippen molar-refractivity contribution >= 4 is 88.9 Å². The summed E-state index contributed by atoms with van der Waals surface area (Å²) < 4.78 is 253. The van der Waals surface area contributed by atoms with Crippen LogP contribution in [0, 0.1) is 29.1 Å². The van der Waals surface area contributed by atoms with Gasteiger partial charge in [-0.2, -0.15) is 26.3 Å². The molecule has 0 bridgehead atoms. The number of carbonyl (C=O) groups excluding carboxylic acids is 2. The van der Waals surface area contributed by atoms with Crippen molar-refractivity contribution in [1.29, 1.82) is 0 Å². The number of aryl methyl sites for hydroxylation is 5. The molecule has 0 aliphatic heterocycles. The zero-order valence-corrected chi connectivity index (χ0v) is 72.1. The van der Waals surface area contributed by atoms with Crippen LogP contribution in [-0.2, 0) is 116 Å². The number of sulfone groups is 4. The van der Waals surface area contributed by atoms with Gasteiger partial charge in [-0.25, -0.2) is 65.6 Å². The molecule has 0 saturated heterocycles. The summed E-state index contributed by atoms with van der Waals surface area (Å²) in [7, 11) is -12.5. The van der Waals surface area contributed by atoms with Gasteiger partial charge in [-0.15, -0.1) is 0 Å². The number of nitrogens with two attached hydrogens (primary N) is 2. The maximum Gasteiger partial charge on any atom is 0.433 e. The lowest BCUT2D eigenvalue weighted by atomic mass is 9.92. The maximum atomic E-state index is 14.5. The molecule has 3 atom stereocenters. The number of alkyl halides is 6. The lowest BCUT2D eigenvalue weighted by Crippen LogP contribution is -2.15. The van der Waals surface area contributed by atoms with E-state index in [1.165, 1.54) is 74.5 Å². The van der Waals surface area contributed by atoms with E-state index in [2.05, 4.69) is 41.8 Å². The van der Waals surface area contributed by atoms with E-state index >= 15 is 0 Å². The van der Waals surface area contributed by atoms with Crippen LogP contribution < -0.4 is 20.9 Å². The Morgan fingerprint density at radius 2 is 0.713 bits per heavy atom. The van der Waals surface area contributed by atoms with Crippen LogP contribution in [0.3, 0.4) is 0 Å². The summed E-state index contributed by atoms with van der Waals surface area (Å²) in [4.78, 5) is 42.1. The highest BCUT2D eigenvalue weighted by Gasteiger charge is 2.35. The van der Waals surface area contributed by atoms with Gasteiger partial charge in [0, 0.05) is 74.1 Å². The third-order valence-corrected chi connectivity index (χ3v) is 24.8. The van der Waals surface area contributed by atoms with Gasteiger partial charge < -0.3 is 30.8 Å². The molecule has 5 aromatic carbocycles. The van der Waals surface area contributed by atoms with Gasteiger partial charge in [0.15, 0.2) is 0 Å². The second kappa shape index (κ2) is 48.4. The Hall–Kier alpha value is -7.48. The molecule has 0 amide bonds. The van der Waals surface area contributed by atoms with Gasteiger partial charge in [0.1, 0.15) is 85.6 Å². The van der Waals surface area contributed by atoms with Crippen LogP contribution in [0.15, 0.2) is 124 Å². The van der Waals surface area contributed by atoms with Gasteiger partial charge >= 0.3 is 24.3 Å². The number of ketones is 1. The predicted octanol–water partition coefficient (Wildman–Crippen LogP) is 16.7. The Morgan fingerprint density at radius 3 is 1.01 bits per heavy atom. The average molecular weight is 1840 g/mol. The summed E-state index contributed by atoms with van der Waals surface area (Å²) in [5.41, 5.74) is 12.6. The number of aliphatic carboxylic acids is 1. The topological polar surface area (TPSA) is 314 Å². The van der Waals surface area contributed by atoms with Crippen molar-refractivity contribution in [2.24, 2.45) is 11.5 Å². The van der Waals surface area contributed by atoms with Crippen molar-refractivity contribution in [1.82, 2.24) is 9.97 Å². The molecule has 7 aromatic rings. The van der Waals surface area contributed by atoms with Gasteiger partial charge in [-0.05, 0) is 174 Å². The van der Waals surface area contributed by atoms with Crippen LogP contribution in [0.25, 0.3) is 0 Å². The number of ether oxygens (including phenoxy) is 3. The van der Waals surface area contributed by atoms with Crippen molar-refractivity contribution < 1.29 is 116 Å². The van der Waals surface area contributed by atoms with E-state index in [0.29, 0.717) is 54.5 Å². The lowest BCUT2D eigenvalue weighted by molar-refractivity contribution is -0.144. The molecule has 2 heterocycles. The molecule has 0 radical (unpaired) electrons. The molecule has 0 spiro atoms. The van der Waals surface area contributed by atoms with Crippen molar-refractivity contribution in [3.8, 4) is 11.8 Å². The third kappa shape index (κ3) is 37.8. The number of carboxylic acids is 1. The van der Waals surface area contributed by atoms with E-state index in [1.54, 1.807) is 106 Å². The molecule has 115 heavy (non-hydrogen) atoms. The first kappa shape index (κ1) is 104. The fraction of sp³-hybridized carbons (Fsp3) is 0.456. The number of esters is 1. The van der Waals surface area contributed by atoms with Gasteiger partial charge in [0.05, 0.1) is 53.7 Å². The number of Topliss-reactive ketones (excluding diaryl/α,β-unsaturated/α-hetero) is 1. The van der Waals surface area contributed by atoms with E-state index in [9.17, 15) is 96.3 Å². The second-order valence-corrected chi connectivity index (χ2v) is 38.0. The molecule has 2 aromatic heterocycles. The molecule has 640 valence electrons. The zero-order valence-electron chi connectivity index (χ0n) is 65.6.